The molecule has 0 radical (unpaired) electrons. The normalized spacial score (nSPS) is 10.0. The smallest absolute Gasteiger partial charge is 0.221 e. The number of nitrogens with one attached hydrogen (secondary N) is 2. The molecule has 0 aliphatic carbocycles. The van der Waals surface area contributed by atoms with Gasteiger partial charge in [-0.15, -0.1) is 0 Å². The van der Waals surface area contributed by atoms with E-state index in [0.717, 1.165) is 5.56 Å². The average Bonchev–Trinajstić information content (AvgIpc) is 2.19. The van der Waals surface area contributed by atoms with Gasteiger partial charge < -0.3 is 10.6 Å². The maximum atomic E-state index is 11.1. The van der Waals surface area contributed by atoms with E-state index in [1.807, 2.05) is 19.9 Å². The molecule has 1 aromatic heterocycles. The van der Waals surface area contributed by atoms with Gasteiger partial charge in [0.1, 0.15) is 0 Å². The molecule has 0 saturated carbocycles. The summed E-state index contributed by atoms with van der Waals surface area (Å²) in [6.45, 7) is 5.43. The van der Waals surface area contributed by atoms with Crippen molar-refractivity contribution in [3.8, 4) is 0 Å². The summed E-state index contributed by atoms with van der Waals surface area (Å²) in [4.78, 5) is 25.5. The van der Waals surface area contributed by atoms with E-state index >= 15 is 0 Å². The van der Waals surface area contributed by atoms with Gasteiger partial charge in [0.05, 0.1) is 5.69 Å². The van der Waals surface area contributed by atoms with Gasteiger partial charge in [0, 0.05) is 13.1 Å². The monoisotopic (exact) mass is 221 g/mol. The van der Waals surface area contributed by atoms with E-state index < -0.39 is 0 Å². The lowest BCUT2D eigenvalue weighted by Gasteiger charge is -2.15. The standard InChI is InChI=1S/C11H15N3O2/c1-7(2)9-4-5-12-11(13-6-15)10(9)14-8(3)16/h4-7H,1-3H3,(H,14,16)(H,12,13,15). The predicted molar refractivity (Wildman–Crippen MR) is 62.3 cm³/mol. The van der Waals surface area contributed by atoms with Gasteiger partial charge in [0.15, 0.2) is 5.82 Å². The molecule has 16 heavy (non-hydrogen) atoms. The summed E-state index contributed by atoms with van der Waals surface area (Å²) >= 11 is 0. The fraction of sp³-hybridized carbons (Fsp3) is 0.364. The first-order valence-corrected chi connectivity index (χ1v) is 5.03. The molecule has 1 rings (SSSR count). The number of carbonyl (C=O) groups excluding carboxylic acids is 2. The van der Waals surface area contributed by atoms with Crippen LogP contribution in [0.5, 0.6) is 0 Å². The van der Waals surface area contributed by atoms with Gasteiger partial charge in [-0.1, -0.05) is 13.8 Å². The maximum Gasteiger partial charge on any atom is 0.221 e. The predicted octanol–water partition coefficient (Wildman–Crippen LogP) is 1.73. The molecule has 5 heteroatoms. The molecule has 2 amide bonds. The van der Waals surface area contributed by atoms with Crippen molar-refractivity contribution >= 4 is 23.8 Å². The Bertz CT molecular complexity index is 402. The van der Waals surface area contributed by atoms with Gasteiger partial charge in [-0.05, 0) is 17.5 Å². The van der Waals surface area contributed by atoms with Crippen LogP contribution >= 0.6 is 0 Å². The van der Waals surface area contributed by atoms with Crippen LogP contribution in [0.15, 0.2) is 12.3 Å². The highest BCUT2D eigenvalue weighted by Gasteiger charge is 2.13. The van der Waals surface area contributed by atoms with Crippen molar-refractivity contribution in [1.82, 2.24) is 4.98 Å². The van der Waals surface area contributed by atoms with E-state index in [1.54, 1.807) is 6.20 Å². The summed E-state index contributed by atoms with van der Waals surface area (Å²) in [5, 5.41) is 5.16. The average molecular weight is 221 g/mol. The molecule has 0 aliphatic rings. The summed E-state index contributed by atoms with van der Waals surface area (Å²) in [5.41, 5.74) is 1.51. The second-order valence-electron chi connectivity index (χ2n) is 3.72. The van der Waals surface area contributed by atoms with E-state index in [2.05, 4.69) is 15.6 Å². The van der Waals surface area contributed by atoms with Gasteiger partial charge in [-0.3, -0.25) is 9.59 Å². The Hall–Kier alpha value is -1.91. The van der Waals surface area contributed by atoms with Crippen LogP contribution in [0.25, 0.3) is 0 Å². The minimum Gasteiger partial charge on any atom is -0.323 e. The maximum absolute atomic E-state index is 11.1. The van der Waals surface area contributed by atoms with Gasteiger partial charge in [-0.25, -0.2) is 4.98 Å². The summed E-state index contributed by atoms with van der Waals surface area (Å²) < 4.78 is 0. The molecule has 0 fully saturated rings. The minimum absolute atomic E-state index is 0.191. The molecular formula is C11H15N3O2. The Kier molecular flexibility index (Phi) is 3.99. The molecule has 86 valence electrons. The van der Waals surface area contributed by atoms with Gasteiger partial charge in [-0.2, -0.15) is 0 Å². The van der Waals surface area contributed by atoms with Crippen LogP contribution < -0.4 is 10.6 Å². The number of nitrogens with zero attached hydrogens (tertiary/aromatic N) is 1. The minimum atomic E-state index is -0.191. The van der Waals surface area contributed by atoms with Gasteiger partial charge in [0.25, 0.3) is 0 Å². The summed E-state index contributed by atoms with van der Waals surface area (Å²) in [6.07, 6.45) is 2.14. The van der Waals surface area contributed by atoms with Crippen molar-refractivity contribution < 1.29 is 9.59 Å². The first-order chi connectivity index (χ1) is 7.56. The lowest BCUT2D eigenvalue weighted by Crippen LogP contribution is -2.12. The van der Waals surface area contributed by atoms with Crippen LogP contribution in [-0.4, -0.2) is 17.3 Å². The second kappa shape index (κ2) is 5.25. The number of rotatable bonds is 4. The zero-order valence-electron chi connectivity index (χ0n) is 9.57. The third kappa shape index (κ3) is 2.79. The van der Waals surface area contributed by atoms with Crippen LogP contribution in [-0.2, 0) is 9.59 Å². The molecule has 5 nitrogen and oxygen atoms in total. The SMILES string of the molecule is CC(=O)Nc1c(C(C)C)ccnc1NC=O. The highest BCUT2D eigenvalue weighted by atomic mass is 16.1. The third-order valence-electron chi connectivity index (χ3n) is 2.10. The van der Waals surface area contributed by atoms with E-state index in [4.69, 9.17) is 0 Å². The van der Waals surface area contributed by atoms with E-state index in [1.165, 1.54) is 6.92 Å². The molecule has 0 atom stereocenters. The number of carbonyl (C=O) groups is 2. The number of pyridine rings is 1. The molecule has 0 aliphatic heterocycles. The Labute approximate surface area is 94.3 Å². The number of aromatic nitrogens is 1. The lowest BCUT2D eigenvalue weighted by atomic mass is 10.0. The highest BCUT2D eigenvalue weighted by molar-refractivity contribution is 5.94. The van der Waals surface area contributed by atoms with Crippen LogP contribution in [0.1, 0.15) is 32.3 Å². The zero-order valence-corrected chi connectivity index (χ0v) is 9.57. The van der Waals surface area contributed by atoms with E-state index in [0.29, 0.717) is 17.9 Å². The topological polar surface area (TPSA) is 71.1 Å². The second-order valence-corrected chi connectivity index (χ2v) is 3.72. The molecule has 0 bridgehead atoms. The van der Waals surface area contributed by atoms with Crippen molar-refractivity contribution in [1.29, 1.82) is 0 Å². The van der Waals surface area contributed by atoms with E-state index in [-0.39, 0.29) is 11.8 Å². The Morgan fingerprint density at radius 3 is 2.69 bits per heavy atom. The van der Waals surface area contributed by atoms with Gasteiger partial charge >= 0.3 is 0 Å². The molecular weight excluding hydrogens is 206 g/mol. The van der Waals surface area contributed by atoms with Crippen molar-refractivity contribution in [3.63, 3.8) is 0 Å². The third-order valence-corrected chi connectivity index (χ3v) is 2.10. The fourth-order valence-corrected chi connectivity index (χ4v) is 1.43. The highest BCUT2D eigenvalue weighted by Crippen LogP contribution is 2.29. The largest absolute Gasteiger partial charge is 0.323 e. The summed E-state index contributed by atoms with van der Waals surface area (Å²) in [6, 6.07) is 1.83. The first-order valence-electron chi connectivity index (χ1n) is 5.03. The molecule has 0 spiro atoms. The fourth-order valence-electron chi connectivity index (χ4n) is 1.43. The van der Waals surface area contributed by atoms with Crippen molar-refractivity contribution in [2.75, 3.05) is 10.6 Å². The van der Waals surface area contributed by atoms with Crippen LogP contribution in [0.4, 0.5) is 11.5 Å². The number of amides is 2. The van der Waals surface area contributed by atoms with Gasteiger partial charge in [0.2, 0.25) is 12.3 Å². The van der Waals surface area contributed by atoms with Crippen LogP contribution in [0.2, 0.25) is 0 Å². The number of hydrogen-bond donors (Lipinski definition) is 2. The molecule has 1 heterocycles. The van der Waals surface area contributed by atoms with Crippen LogP contribution in [0, 0.1) is 0 Å². The number of anilines is 2. The van der Waals surface area contributed by atoms with Crippen LogP contribution in [0.3, 0.4) is 0 Å². The molecule has 2 N–H and O–H groups in total. The molecule has 0 aromatic carbocycles. The Morgan fingerprint density at radius 1 is 1.50 bits per heavy atom. The van der Waals surface area contributed by atoms with Crippen molar-refractivity contribution in [3.05, 3.63) is 17.8 Å². The summed E-state index contributed by atoms with van der Waals surface area (Å²) in [5.74, 6) is 0.414. The van der Waals surface area contributed by atoms with Crippen molar-refractivity contribution in [2.24, 2.45) is 0 Å². The van der Waals surface area contributed by atoms with Crippen molar-refractivity contribution in [2.45, 2.75) is 26.7 Å². The molecule has 1 aromatic rings. The molecule has 0 saturated heterocycles. The first kappa shape index (κ1) is 12.2. The summed E-state index contributed by atoms with van der Waals surface area (Å²) in [7, 11) is 0. The quantitative estimate of drug-likeness (QED) is 0.760. The van der Waals surface area contributed by atoms with E-state index in [9.17, 15) is 9.59 Å². The molecule has 0 unspecified atom stereocenters. The lowest BCUT2D eigenvalue weighted by molar-refractivity contribution is -0.114. The number of hydrogen-bond acceptors (Lipinski definition) is 3. The Balaban J connectivity index is 3.22. The Morgan fingerprint density at radius 2 is 2.19 bits per heavy atom. The zero-order chi connectivity index (χ0) is 12.1.